The van der Waals surface area contributed by atoms with Crippen molar-refractivity contribution in [2.45, 2.75) is 36.6 Å². The zero-order valence-electron chi connectivity index (χ0n) is 18.1. The van der Waals surface area contributed by atoms with Gasteiger partial charge in [-0.25, -0.2) is 32.0 Å². The van der Waals surface area contributed by atoms with Gasteiger partial charge in [-0.1, -0.05) is 0 Å². The summed E-state index contributed by atoms with van der Waals surface area (Å²) in [4.78, 5) is 109. The molecule has 0 aromatic carbocycles. The molecule has 0 radical (unpaired) electrons. The van der Waals surface area contributed by atoms with Crippen LogP contribution in [0.4, 0.5) is 0 Å². The molecule has 2 unspecified atom stereocenters. The van der Waals surface area contributed by atoms with Gasteiger partial charge in [0.2, 0.25) is 0 Å². The van der Waals surface area contributed by atoms with E-state index in [1.165, 1.54) is 0 Å². The topological polar surface area (TPSA) is 447 Å². The SMILES string of the molecule is O=P(O)(O)O[C@@H]1[C@@H](OP(=O)(O)OP(=O)(O)O)[C@H](OP(=O)(O)OP(=O)(O)O)[C@H](O)[C@H](OP(=O)(O)O)[C@H]1OP(=O)(O)O. The van der Waals surface area contributed by atoms with Crippen molar-refractivity contribution >= 4 is 54.8 Å². The van der Waals surface area contributed by atoms with E-state index < -0.39 is 91.4 Å². The second-order valence-electron chi connectivity index (χ2n) is 6.89. The fraction of sp³-hybridized carbons (Fsp3) is 1.00. The van der Waals surface area contributed by atoms with Crippen molar-refractivity contribution in [1.29, 1.82) is 0 Å². The standard InChI is InChI=1S/C6H19O27P7/c7-1-2(27-34(8,9)10)4(28-35(11,12)13)6(29-36(14,15)16)5(31-40(25,26)33-38(20,21)22)3(1)30-39(23,24)32-37(17,18)19/h1-7H,(H,23,24)(H,25,26)(H2,8,9,10)(H2,11,12,13)(H2,14,15,16)(H2,17,18,19)(H2,20,21,22)/t1-,2+,3-,4-,5+,6+/m1/s1. The molecule has 0 heterocycles. The number of hydrogen-bond acceptors (Lipinski definition) is 15. The van der Waals surface area contributed by atoms with Crippen molar-refractivity contribution in [2.75, 3.05) is 0 Å². The molecule has 0 aliphatic heterocycles. The van der Waals surface area contributed by atoms with Gasteiger partial charge < -0.3 is 63.8 Å². The molecule has 27 nitrogen and oxygen atoms in total. The van der Waals surface area contributed by atoms with Crippen LogP contribution in [0.3, 0.4) is 0 Å². The van der Waals surface area contributed by atoms with Gasteiger partial charge in [-0.15, -0.1) is 0 Å². The lowest BCUT2D eigenvalue weighted by atomic mass is 9.85. The van der Waals surface area contributed by atoms with Crippen molar-refractivity contribution in [2.24, 2.45) is 0 Å². The molecule has 240 valence electrons. The third-order valence-electron chi connectivity index (χ3n) is 3.67. The highest BCUT2D eigenvalue weighted by Gasteiger charge is 2.61. The Kier molecular flexibility index (Phi) is 12.7. The highest BCUT2D eigenvalue weighted by atomic mass is 31.3. The normalized spacial score (nSPS) is 30.4. The first-order chi connectivity index (χ1) is 17.3. The van der Waals surface area contributed by atoms with Gasteiger partial charge in [-0.05, 0) is 0 Å². The molecular weight excluding hydrogens is 721 g/mol. The zero-order chi connectivity index (χ0) is 31.9. The Hall–Kier alpha value is 0.810. The van der Waals surface area contributed by atoms with Gasteiger partial charge in [0.1, 0.15) is 36.6 Å². The monoisotopic (exact) mass is 740 g/mol. The number of phosphoric ester groups is 5. The minimum atomic E-state index is -6.39. The number of aliphatic hydroxyl groups is 1. The van der Waals surface area contributed by atoms with Gasteiger partial charge in [0.05, 0.1) is 0 Å². The molecule has 0 amide bonds. The van der Waals surface area contributed by atoms with Crippen LogP contribution in [0, 0.1) is 0 Å². The van der Waals surface area contributed by atoms with Crippen LogP contribution < -0.4 is 0 Å². The van der Waals surface area contributed by atoms with Crippen LogP contribution in [0.25, 0.3) is 0 Å². The van der Waals surface area contributed by atoms with Gasteiger partial charge in [-0.2, -0.15) is 8.62 Å². The molecule has 34 heteroatoms. The summed E-state index contributed by atoms with van der Waals surface area (Å²) in [6.07, 6.45) is -19.5. The van der Waals surface area contributed by atoms with Crippen LogP contribution >= 0.6 is 54.8 Å². The van der Waals surface area contributed by atoms with Crippen molar-refractivity contribution < 1.29 is 127 Å². The van der Waals surface area contributed by atoms with Crippen molar-refractivity contribution in [3.8, 4) is 0 Å². The Labute approximate surface area is 219 Å². The van der Waals surface area contributed by atoms with E-state index in [1.54, 1.807) is 0 Å². The summed E-state index contributed by atoms with van der Waals surface area (Å²) in [6, 6.07) is 0. The molecular formula is C6H19O27P7. The Morgan fingerprint density at radius 1 is 0.350 bits per heavy atom. The molecule has 0 spiro atoms. The summed E-state index contributed by atoms with van der Waals surface area (Å²) in [5.41, 5.74) is 0. The Bertz CT molecular complexity index is 1230. The smallest absolute Gasteiger partial charge is 0.387 e. The van der Waals surface area contributed by atoms with E-state index in [-0.39, 0.29) is 0 Å². The van der Waals surface area contributed by atoms with E-state index in [0.29, 0.717) is 0 Å². The highest BCUT2D eigenvalue weighted by molar-refractivity contribution is 7.61. The lowest BCUT2D eigenvalue weighted by Gasteiger charge is -2.47. The molecule has 1 aliphatic rings. The van der Waals surface area contributed by atoms with E-state index in [2.05, 4.69) is 31.2 Å². The van der Waals surface area contributed by atoms with Crippen LogP contribution in [0.1, 0.15) is 0 Å². The fourth-order valence-electron chi connectivity index (χ4n) is 2.83. The average molecular weight is 740 g/mol. The summed E-state index contributed by atoms with van der Waals surface area (Å²) >= 11 is 0. The number of rotatable bonds is 14. The summed E-state index contributed by atoms with van der Waals surface area (Å²) in [5.74, 6) is 0. The maximum Gasteiger partial charge on any atom is 0.481 e. The van der Waals surface area contributed by atoms with Crippen LogP contribution in [0.2, 0.25) is 0 Å². The predicted molar refractivity (Wildman–Crippen MR) is 112 cm³/mol. The summed E-state index contributed by atoms with van der Waals surface area (Å²) in [6.45, 7) is 0. The highest BCUT2D eigenvalue weighted by Crippen LogP contribution is 2.63. The minimum absolute atomic E-state index is 3.13. The Morgan fingerprint density at radius 3 is 0.875 bits per heavy atom. The van der Waals surface area contributed by atoms with Crippen LogP contribution in [0.5, 0.6) is 0 Å². The maximum atomic E-state index is 12.2. The van der Waals surface area contributed by atoms with Crippen molar-refractivity contribution in [3.63, 3.8) is 0 Å². The summed E-state index contributed by atoms with van der Waals surface area (Å²) < 4.78 is 108. The van der Waals surface area contributed by atoms with Crippen molar-refractivity contribution in [1.82, 2.24) is 0 Å². The third kappa shape index (κ3) is 14.5. The van der Waals surface area contributed by atoms with E-state index in [1.807, 2.05) is 0 Å². The molecule has 1 saturated carbocycles. The minimum Gasteiger partial charge on any atom is -0.387 e. The Balaban J connectivity index is 3.95. The second-order valence-corrected chi connectivity index (χ2v) is 16.0. The molecule has 8 atom stereocenters. The van der Waals surface area contributed by atoms with Gasteiger partial charge in [0, 0.05) is 0 Å². The number of hydrogen-bond donors (Lipinski definition) is 13. The molecule has 1 rings (SSSR count). The largest absolute Gasteiger partial charge is 0.481 e. The lowest BCUT2D eigenvalue weighted by molar-refractivity contribution is -0.205. The Morgan fingerprint density at radius 2 is 0.575 bits per heavy atom. The lowest BCUT2D eigenvalue weighted by Crippen LogP contribution is -2.66. The molecule has 0 bridgehead atoms. The molecule has 13 N–H and O–H groups in total. The average Bonchev–Trinajstić information content (AvgIpc) is 2.57. The number of aliphatic hydroxyl groups excluding tert-OH is 1. The first-order valence-electron chi connectivity index (χ1n) is 8.76. The summed E-state index contributed by atoms with van der Waals surface area (Å²) in [5, 5.41) is 10.5. The quantitative estimate of drug-likeness (QED) is 0.0788. The third-order valence-corrected chi connectivity index (χ3v) is 9.60. The molecule has 0 saturated heterocycles. The number of phosphoric acid groups is 7. The second kappa shape index (κ2) is 13.0. The summed E-state index contributed by atoms with van der Waals surface area (Å²) in [7, 11) is -43.0. The molecule has 1 aliphatic carbocycles. The van der Waals surface area contributed by atoms with E-state index in [0.717, 1.165) is 0 Å². The first-order valence-corrected chi connectivity index (χ1v) is 19.4. The van der Waals surface area contributed by atoms with Gasteiger partial charge in [0.15, 0.2) is 0 Å². The van der Waals surface area contributed by atoms with Gasteiger partial charge in [0.25, 0.3) is 0 Å². The first kappa shape index (κ1) is 38.8. The molecule has 0 aromatic rings. The van der Waals surface area contributed by atoms with Gasteiger partial charge in [-0.3, -0.25) is 22.6 Å². The van der Waals surface area contributed by atoms with Crippen LogP contribution in [-0.2, 0) is 63.2 Å². The molecule has 1 fully saturated rings. The van der Waals surface area contributed by atoms with E-state index in [4.69, 9.17) is 39.1 Å². The van der Waals surface area contributed by atoms with Crippen LogP contribution in [-0.4, -0.2) is 100 Å². The molecule has 40 heavy (non-hydrogen) atoms. The van der Waals surface area contributed by atoms with E-state index >= 15 is 0 Å². The van der Waals surface area contributed by atoms with Crippen molar-refractivity contribution in [3.05, 3.63) is 0 Å². The molecule has 0 aromatic heterocycles. The zero-order valence-corrected chi connectivity index (χ0v) is 24.4. The maximum absolute atomic E-state index is 12.2. The van der Waals surface area contributed by atoms with Gasteiger partial charge >= 0.3 is 54.8 Å². The fourth-order valence-corrected chi connectivity index (χ4v) is 8.07. The van der Waals surface area contributed by atoms with E-state index in [9.17, 15) is 56.6 Å². The predicted octanol–water partition coefficient (Wildman–Crippen LogP) is -3.02. The van der Waals surface area contributed by atoms with Crippen LogP contribution in [0.15, 0.2) is 0 Å².